The highest BCUT2D eigenvalue weighted by Crippen LogP contribution is 2.13. The van der Waals surface area contributed by atoms with Gasteiger partial charge in [0.25, 0.3) is 5.91 Å². The van der Waals surface area contributed by atoms with E-state index < -0.39 is 28.0 Å². The number of hydrogen-bond donors (Lipinski definition) is 2. The van der Waals surface area contributed by atoms with E-state index in [0.717, 1.165) is 4.88 Å². The van der Waals surface area contributed by atoms with E-state index in [9.17, 15) is 18.0 Å². The zero-order chi connectivity index (χ0) is 20.7. The highest BCUT2D eigenvalue weighted by atomic mass is 32.2. The second-order valence-corrected chi connectivity index (χ2v) is 9.05. The Morgan fingerprint density at radius 1 is 1.14 bits per heavy atom. The molecule has 0 bridgehead atoms. The van der Waals surface area contributed by atoms with Gasteiger partial charge in [0.1, 0.15) is 0 Å². The molecule has 7 nitrogen and oxygen atoms in total. The molecule has 1 amide bonds. The Bertz CT molecular complexity index is 893. The molecule has 0 aliphatic carbocycles. The maximum Gasteiger partial charge on any atom is 0.338 e. The molecule has 0 radical (unpaired) electrons. The Morgan fingerprint density at radius 2 is 1.82 bits per heavy atom. The maximum atomic E-state index is 12.2. The van der Waals surface area contributed by atoms with Gasteiger partial charge in [0.15, 0.2) is 6.10 Å². The van der Waals surface area contributed by atoms with Crippen molar-refractivity contribution in [3.05, 3.63) is 52.2 Å². The van der Waals surface area contributed by atoms with Gasteiger partial charge in [0.05, 0.1) is 17.0 Å². The third kappa shape index (κ3) is 6.15. The molecule has 28 heavy (non-hydrogen) atoms. The molecule has 152 valence electrons. The highest BCUT2D eigenvalue weighted by Gasteiger charge is 2.20. The predicted molar refractivity (Wildman–Crippen MR) is 108 cm³/mol. The zero-order valence-electron chi connectivity index (χ0n) is 16.0. The van der Waals surface area contributed by atoms with Gasteiger partial charge < -0.3 is 10.1 Å². The summed E-state index contributed by atoms with van der Waals surface area (Å²) >= 11 is 1.52. The van der Waals surface area contributed by atoms with Crippen LogP contribution in [0.4, 0.5) is 0 Å². The molecule has 0 fully saturated rings. The van der Waals surface area contributed by atoms with Gasteiger partial charge in [0.2, 0.25) is 10.0 Å². The van der Waals surface area contributed by atoms with E-state index in [2.05, 4.69) is 10.0 Å². The molecule has 2 atom stereocenters. The topological polar surface area (TPSA) is 102 Å². The van der Waals surface area contributed by atoms with E-state index in [1.165, 1.54) is 42.5 Å². The Morgan fingerprint density at radius 3 is 2.39 bits per heavy atom. The van der Waals surface area contributed by atoms with Crippen LogP contribution in [0.3, 0.4) is 0 Å². The normalized spacial score (nSPS) is 13.5. The lowest BCUT2D eigenvalue weighted by atomic mass is 10.2. The second-order valence-electron chi connectivity index (χ2n) is 6.30. The Balaban J connectivity index is 1.94. The van der Waals surface area contributed by atoms with Gasteiger partial charge in [-0.3, -0.25) is 4.79 Å². The smallest absolute Gasteiger partial charge is 0.338 e. The molecule has 1 aromatic carbocycles. The third-order valence-electron chi connectivity index (χ3n) is 4.04. The summed E-state index contributed by atoms with van der Waals surface area (Å²) in [5.41, 5.74) is 0.167. The first-order valence-corrected chi connectivity index (χ1v) is 11.2. The second kappa shape index (κ2) is 9.81. The van der Waals surface area contributed by atoms with E-state index in [1.54, 1.807) is 6.92 Å². The molecule has 1 aromatic heterocycles. The van der Waals surface area contributed by atoms with Crippen LogP contribution >= 0.6 is 11.3 Å². The van der Waals surface area contributed by atoms with E-state index >= 15 is 0 Å². The number of benzene rings is 1. The summed E-state index contributed by atoms with van der Waals surface area (Å²) in [6.07, 6.45) is -0.307. The summed E-state index contributed by atoms with van der Waals surface area (Å²) in [6.45, 7) is 5.50. The SMILES string of the molecule is CCC(C)NS(=O)(=O)c1ccc(C(=O)OC(C)C(=O)NCc2cccs2)cc1. The van der Waals surface area contributed by atoms with Gasteiger partial charge in [-0.05, 0) is 56.0 Å². The molecule has 0 spiro atoms. The molecule has 9 heteroatoms. The lowest BCUT2D eigenvalue weighted by molar-refractivity contribution is -0.129. The van der Waals surface area contributed by atoms with Crippen molar-refractivity contribution in [2.45, 2.75) is 50.8 Å². The van der Waals surface area contributed by atoms with Crippen LogP contribution in [-0.4, -0.2) is 32.4 Å². The molecule has 1 heterocycles. The number of hydrogen-bond acceptors (Lipinski definition) is 6. The number of thiophene rings is 1. The van der Waals surface area contributed by atoms with Gasteiger partial charge in [-0.1, -0.05) is 13.0 Å². The fraction of sp³-hybridized carbons (Fsp3) is 0.368. The molecule has 2 aromatic rings. The first kappa shape index (κ1) is 22.1. The molecule has 0 aliphatic rings. The molecule has 2 unspecified atom stereocenters. The average molecular weight is 425 g/mol. The summed E-state index contributed by atoms with van der Waals surface area (Å²) in [5, 5.41) is 4.61. The fourth-order valence-corrected chi connectivity index (χ4v) is 4.17. The van der Waals surface area contributed by atoms with Crippen molar-refractivity contribution in [1.29, 1.82) is 0 Å². The predicted octanol–water partition coefficient (Wildman–Crippen LogP) is 2.69. The number of amides is 1. The van der Waals surface area contributed by atoms with Crippen LogP contribution < -0.4 is 10.0 Å². The van der Waals surface area contributed by atoms with E-state index in [1.807, 2.05) is 24.4 Å². The van der Waals surface area contributed by atoms with Crippen LogP contribution in [0.25, 0.3) is 0 Å². The Labute approximate surface area is 169 Å². The first-order chi connectivity index (χ1) is 13.2. The third-order valence-corrected chi connectivity index (χ3v) is 6.52. The van der Waals surface area contributed by atoms with E-state index in [-0.39, 0.29) is 16.5 Å². The number of rotatable bonds is 9. The maximum absolute atomic E-state index is 12.2. The van der Waals surface area contributed by atoms with Crippen molar-refractivity contribution in [2.75, 3.05) is 0 Å². The minimum Gasteiger partial charge on any atom is -0.449 e. The standard InChI is InChI=1S/C19H24N2O5S2/c1-4-13(2)21-28(24,25)17-9-7-15(8-10-17)19(23)26-14(3)18(22)20-12-16-6-5-11-27-16/h5-11,13-14,21H,4,12H2,1-3H3,(H,20,22). The van der Waals surface area contributed by atoms with Crippen LogP contribution in [-0.2, 0) is 26.1 Å². The van der Waals surface area contributed by atoms with Gasteiger partial charge in [-0.25, -0.2) is 17.9 Å². The highest BCUT2D eigenvalue weighted by molar-refractivity contribution is 7.89. The molecule has 2 N–H and O–H groups in total. The monoisotopic (exact) mass is 424 g/mol. The minimum atomic E-state index is -3.64. The lowest BCUT2D eigenvalue weighted by Crippen LogP contribution is -2.35. The van der Waals surface area contributed by atoms with Crippen LogP contribution in [0.15, 0.2) is 46.7 Å². The quantitative estimate of drug-likeness (QED) is 0.603. The van der Waals surface area contributed by atoms with Crippen molar-refractivity contribution in [1.82, 2.24) is 10.0 Å². The summed E-state index contributed by atoms with van der Waals surface area (Å²) in [5.74, 6) is -1.10. The molecule has 0 aliphatic heterocycles. The largest absolute Gasteiger partial charge is 0.449 e. The summed E-state index contributed by atoms with van der Waals surface area (Å²) in [7, 11) is -3.64. The van der Waals surface area contributed by atoms with Crippen LogP contribution in [0, 0.1) is 0 Å². The summed E-state index contributed by atoms with van der Waals surface area (Å²) in [4.78, 5) is 25.3. The van der Waals surface area contributed by atoms with Gasteiger partial charge in [-0.2, -0.15) is 0 Å². The van der Waals surface area contributed by atoms with Crippen LogP contribution in [0.5, 0.6) is 0 Å². The fourth-order valence-electron chi connectivity index (χ4n) is 2.20. The van der Waals surface area contributed by atoms with Crippen molar-refractivity contribution in [3.8, 4) is 0 Å². The number of nitrogens with one attached hydrogen (secondary N) is 2. The molecule has 2 rings (SSSR count). The average Bonchev–Trinajstić information content (AvgIpc) is 3.19. The Hall–Kier alpha value is -2.23. The summed E-state index contributed by atoms with van der Waals surface area (Å²) < 4.78 is 32.2. The van der Waals surface area contributed by atoms with Crippen molar-refractivity contribution in [3.63, 3.8) is 0 Å². The van der Waals surface area contributed by atoms with Crippen LogP contribution in [0.2, 0.25) is 0 Å². The number of esters is 1. The number of carbonyl (C=O) groups excluding carboxylic acids is 2. The first-order valence-electron chi connectivity index (χ1n) is 8.86. The molecular formula is C19H24N2O5S2. The Kier molecular flexibility index (Phi) is 7.73. The lowest BCUT2D eigenvalue weighted by Gasteiger charge is -2.14. The number of ether oxygens (including phenoxy) is 1. The van der Waals surface area contributed by atoms with Gasteiger partial charge in [-0.15, -0.1) is 11.3 Å². The zero-order valence-corrected chi connectivity index (χ0v) is 17.6. The van der Waals surface area contributed by atoms with Crippen molar-refractivity contribution in [2.24, 2.45) is 0 Å². The molecule has 0 saturated carbocycles. The number of sulfonamides is 1. The minimum absolute atomic E-state index is 0.0612. The van der Waals surface area contributed by atoms with E-state index in [4.69, 9.17) is 4.74 Å². The van der Waals surface area contributed by atoms with Crippen LogP contribution in [0.1, 0.15) is 42.4 Å². The van der Waals surface area contributed by atoms with Crippen molar-refractivity contribution < 1.29 is 22.7 Å². The van der Waals surface area contributed by atoms with E-state index in [0.29, 0.717) is 13.0 Å². The molecule has 0 saturated heterocycles. The molecular weight excluding hydrogens is 400 g/mol. The van der Waals surface area contributed by atoms with Gasteiger partial charge in [0, 0.05) is 10.9 Å². The van der Waals surface area contributed by atoms with Crippen molar-refractivity contribution >= 4 is 33.2 Å². The van der Waals surface area contributed by atoms with Gasteiger partial charge >= 0.3 is 5.97 Å². The summed E-state index contributed by atoms with van der Waals surface area (Å²) in [6, 6.07) is 8.99. The number of carbonyl (C=O) groups is 2.